The molecular formula is C14H16ClN3O3S. The van der Waals surface area contributed by atoms with E-state index in [0.29, 0.717) is 17.7 Å². The third kappa shape index (κ3) is 3.36. The lowest BCUT2D eigenvalue weighted by atomic mass is 10.1. The first-order chi connectivity index (χ1) is 10.2. The Kier molecular flexibility index (Phi) is 4.67. The molecule has 0 unspecified atom stereocenters. The topological polar surface area (TPSA) is 81.9 Å². The summed E-state index contributed by atoms with van der Waals surface area (Å²) >= 11 is 5.93. The van der Waals surface area contributed by atoms with Crippen molar-refractivity contribution in [2.75, 3.05) is 6.26 Å². The van der Waals surface area contributed by atoms with E-state index in [2.05, 4.69) is 9.97 Å². The second kappa shape index (κ2) is 6.18. The molecule has 2 rings (SSSR count). The van der Waals surface area contributed by atoms with Gasteiger partial charge in [0.1, 0.15) is 5.02 Å². The predicted molar refractivity (Wildman–Crippen MR) is 84.8 cm³/mol. The van der Waals surface area contributed by atoms with E-state index in [-0.39, 0.29) is 15.7 Å². The summed E-state index contributed by atoms with van der Waals surface area (Å²) < 4.78 is 24.7. The van der Waals surface area contributed by atoms with Crippen molar-refractivity contribution in [1.82, 2.24) is 14.5 Å². The molecule has 0 aromatic carbocycles. The Morgan fingerprint density at radius 2 is 2.05 bits per heavy atom. The van der Waals surface area contributed by atoms with Crippen LogP contribution in [-0.2, 0) is 23.3 Å². The Morgan fingerprint density at radius 3 is 2.59 bits per heavy atom. The molecule has 0 aliphatic rings. The highest BCUT2D eigenvalue weighted by molar-refractivity contribution is 7.90. The third-order valence-electron chi connectivity index (χ3n) is 3.11. The monoisotopic (exact) mass is 341 g/mol. The number of pyridine rings is 1. The van der Waals surface area contributed by atoms with Gasteiger partial charge in [0.25, 0.3) is 5.56 Å². The highest BCUT2D eigenvalue weighted by Gasteiger charge is 2.17. The molecular weight excluding hydrogens is 326 g/mol. The van der Waals surface area contributed by atoms with Crippen molar-refractivity contribution in [2.24, 2.45) is 7.05 Å². The maximum Gasteiger partial charge on any atom is 0.269 e. The van der Waals surface area contributed by atoms with Gasteiger partial charge in [-0.05, 0) is 18.1 Å². The quantitative estimate of drug-likeness (QED) is 0.793. The van der Waals surface area contributed by atoms with E-state index in [1.807, 2.05) is 6.92 Å². The van der Waals surface area contributed by atoms with Gasteiger partial charge in [-0.15, -0.1) is 0 Å². The molecule has 2 aromatic rings. The van der Waals surface area contributed by atoms with Crippen molar-refractivity contribution in [1.29, 1.82) is 0 Å². The zero-order valence-electron chi connectivity index (χ0n) is 12.5. The molecule has 0 bridgehead atoms. The summed E-state index contributed by atoms with van der Waals surface area (Å²) in [5.74, 6) is 0. The van der Waals surface area contributed by atoms with E-state index in [4.69, 9.17) is 11.6 Å². The van der Waals surface area contributed by atoms with Gasteiger partial charge < -0.3 is 4.57 Å². The predicted octanol–water partition coefficient (Wildman–Crippen LogP) is 1.85. The lowest BCUT2D eigenvalue weighted by molar-refractivity contribution is 0.592. The smallest absolute Gasteiger partial charge is 0.269 e. The Hall–Kier alpha value is -1.73. The molecule has 2 aromatic heterocycles. The van der Waals surface area contributed by atoms with Crippen LogP contribution in [-0.4, -0.2) is 29.2 Å². The zero-order valence-corrected chi connectivity index (χ0v) is 14.1. The van der Waals surface area contributed by atoms with E-state index in [0.717, 1.165) is 18.2 Å². The molecule has 22 heavy (non-hydrogen) atoms. The molecule has 0 aliphatic carbocycles. The molecule has 6 nitrogen and oxygen atoms in total. The van der Waals surface area contributed by atoms with E-state index in [1.165, 1.54) is 16.8 Å². The second-order valence-electron chi connectivity index (χ2n) is 5.04. The van der Waals surface area contributed by atoms with Crippen LogP contribution in [0.4, 0.5) is 0 Å². The number of hydrogen-bond donors (Lipinski definition) is 0. The lowest BCUT2D eigenvalue weighted by Gasteiger charge is -2.10. The van der Waals surface area contributed by atoms with Crippen LogP contribution in [0.3, 0.4) is 0 Å². The van der Waals surface area contributed by atoms with Crippen molar-refractivity contribution < 1.29 is 8.42 Å². The summed E-state index contributed by atoms with van der Waals surface area (Å²) in [5.41, 5.74) is 1.56. The average molecular weight is 342 g/mol. The van der Waals surface area contributed by atoms with Gasteiger partial charge in [-0.25, -0.2) is 18.4 Å². The van der Waals surface area contributed by atoms with Crippen LogP contribution in [0.25, 0.3) is 11.3 Å². The molecule has 0 radical (unpaired) electrons. The number of aryl methyl sites for hydroxylation is 2. The fourth-order valence-corrected chi connectivity index (χ4v) is 2.82. The van der Waals surface area contributed by atoms with Crippen molar-refractivity contribution >= 4 is 21.4 Å². The number of rotatable bonds is 4. The highest BCUT2D eigenvalue weighted by atomic mass is 35.5. The van der Waals surface area contributed by atoms with Gasteiger partial charge in [-0.2, -0.15) is 0 Å². The van der Waals surface area contributed by atoms with E-state index in [9.17, 15) is 13.2 Å². The molecule has 0 saturated carbocycles. The third-order valence-corrected chi connectivity index (χ3v) is 4.24. The second-order valence-corrected chi connectivity index (χ2v) is 7.36. The SMILES string of the molecule is CCCc1cnc(S(C)(=O)=O)nc1-c1cc(Cl)c(=O)n(C)c1. The van der Waals surface area contributed by atoms with Gasteiger partial charge in [0.2, 0.25) is 15.0 Å². The standard InChI is InChI=1S/C14H16ClN3O3S/c1-4-5-9-7-16-14(22(3,20)21)17-12(9)10-6-11(15)13(19)18(2)8-10/h6-8H,4-5H2,1-3H3. The fraction of sp³-hybridized carbons (Fsp3) is 0.357. The molecule has 8 heteroatoms. The molecule has 0 fully saturated rings. The first-order valence-corrected chi connectivity index (χ1v) is 8.93. The molecule has 0 atom stereocenters. The van der Waals surface area contributed by atoms with Crippen molar-refractivity contribution in [2.45, 2.75) is 24.9 Å². The summed E-state index contributed by atoms with van der Waals surface area (Å²) in [7, 11) is -1.94. The van der Waals surface area contributed by atoms with Gasteiger partial charge >= 0.3 is 0 Å². The Labute approximate surface area is 133 Å². The molecule has 0 saturated heterocycles. The van der Waals surface area contributed by atoms with E-state index >= 15 is 0 Å². The fourth-order valence-electron chi connectivity index (χ4n) is 2.07. The maximum absolute atomic E-state index is 11.7. The largest absolute Gasteiger partial charge is 0.317 e. The maximum atomic E-state index is 11.7. The minimum atomic E-state index is -3.52. The Bertz CT molecular complexity index is 849. The average Bonchev–Trinajstić information content (AvgIpc) is 2.44. The number of sulfone groups is 1. The van der Waals surface area contributed by atoms with Gasteiger partial charge in [0, 0.05) is 31.3 Å². The van der Waals surface area contributed by atoms with E-state index in [1.54, 1.807) is 13.2 Å². The first-order valence-electron chi connectivity index (χ1n) is 6.66. The van der Waals surface area contributed by atoms with Crippen molar-refractivity contribution in [3.8, 4) is 11.3 Å². The van der Waals surface area contributed by atoms with Crippen LogP contribution in [0.1, 0.15) is 18.9 Å². The normalized spacial score (nSPS) is 11.6. The van der Waals surface area contributed by atoms with E-state index < -0.39 is 9.84 Å². The molecule has 0 spiro atoms. The van der Waals surface area contributed by atoms with Gasteiger partial charge in [-0.3, -0.25) is 4.79 Å². The summed E-state index contributed by atoms with van der Waals surface area (Å²) in [6.07, 6.45) is 5.70. The van der Waals surface area contributed by atoms with Gasteiger partial charge in [0.05, 0.1) is 5.69 Å². The molecule has 0 amide bonds. The Morgan fingerprint density at radius 1 is 1.36 bits per heavy atom. The summed E-state index contributed by atoms with van der Waals surface area (Å²) in [5, 5.41) is -0.186. The molecule has 0 aliphatic heterocycles. The van der Waals surface area contributed by atoms with Gasteiger partial charge in [0.15, 0.2) is 0 Å². The number of halogens is 1. The Balaban J connectivity index is 2.73. The van der Waals surface area contributed by atoms with Crippen LogP contribution in [0.5, 0.6) is 0 Å². The first kappa shape index (κ1) is 16.6. The van der Waals surface area contributed by atoms with Gasteiger partial charge in [-0.1, -0.05) is 24.9 Å². The number of aromatic nitrogens is 3. The van der Waals surface area contributed by atoms with Crippen LogP contribution in [0.2, 0.25) is 5.02 Å². The minimum Gasteiger partial charge on any atom is -0.317 e. The van der Waals surface area contributed by atoms with Crippen LogP contribution in [0, 0.1) is 0 Å². The van der Waals surface area contributed by atoms with Crippen LogP contribution in [0.15, 0.2) is 28.4 Å². The summed E-state index contributed by atoms with van der Waals surface area (Å²) in [6, 6.07) is 1.50. The van der Waals surface area contributed by atoms with Crippen LogP contribution < -0.4 is 5.56 Å². The minimum absolute atomic E-state index is 0.0574. The van der Waals surface area contributed by atoms with Crippen molar-refractivity contribution in [3.63, 3.8) is 0 Å². The lowest BCUT2D eigenvalue weighted by Crippen LogP contribution is -2.17. The zero-order chi connectivity index (χ0) is 16.5. The number of nitrogens with zero attached hydrogens (tertiary/aromatic N) is 3. The highest BCUT2D eigenvalue weighted by Crippen LogP contribution is 2.24. The number of hydrogen-bond acceptors (Lipinski definition) is 5. The molecule has 0 N–H and O–H groups in total. The summed E-state index contributed by atoms with van der Waals surface area (Å²) in [6.45, 7) is 2.00. The van der Waals surface area contributed by atoms with Crippen LogP contribution >= 0.6 is 11.6 Å². The summed E-state index contributed by atoms with van der Waals surface area (Å²) in [4.78, 5) is 19.8. The molecule has 118 valence electrons. The van der Waals surface area contributed by atoms with Crippen molar-refractivity contribution in [3.05, 3.63) is 39.4 Å². The molecule has 2 heterocycles.